The molecule has 1 rings (SSSR count). The molecule has 0 bridgehead atoms. The van der Waals surface area contributed by atoms with Gasteiger partial charge in [-0.05, 0) is 17.7 Å². The van der Waals surface area contributed by atoms with Gasteiger partial charge in [0.1, 0.15) is 0 Å². The van der Waals surface area contributed by atoms with Crippen LogP contribution in [0.1, 0.15) is 12.0 Å². The van der Waals surface area contributed by atoms with Crippen LogP contribution in [0.5, 0.6) is 17.2 Å². The highest BCUT2D eigenvalue weighted by Crippen LogP contribution is 2.38. The largest absolute Gasteiger partial charge is 0.493 e. The van der Waals surface area contributed by atoms with E-state index in [1.165, 1.54) is 21.3 Å². The van der Waals surface area contributed by atoms with Crippen molar-refractivity contribution in [2.45, 2.75) is 19.0 Å². The van der Waals surface area contributed by atoms with Gasteiger partial charge < -0.3 is 25.3 Å². The van der Waals surface area contributed by atoms with E-state index in [1.54, 1.807) is 12.1 Å². The summed E-state index contributed by atoms with van der Waals surface area (Å²) in [6.45, 7) is 0.286. The third-order valence-electron chi connectivity index (χ3n) is 2.87. The first-order valence-electron chi connectivity index (χ1n) is 6.33. The zero-order chi connectivity index (χ0) is 15.8. The molecular formula is C15H20N2O4. The molecule has 0 aromatic heterocycles. The second kappa shape index (κ2) is 8.02. The minimum atomic E-state index is -0.711. The lowest BCUT2D eigenvalue weighted by atomic mass is 10.1. The number of terminal acetylenes is 1. The van der Waals surface area contributed by atoms with Gasteiger partial charge in [0.2, 0.25) is 11.7 Å². The molecule has 1 atom stereocenters. The number of nitrogens with one attached hydrogen (secondary N) is 1. The van der Waals surface area contributed by atoms with Gasteiger partial charge in [-0.15, -0.1) is 12.3 Å². The van der Waals surface area contributed by atoms with Gasteiger partial charge in [0.15, 0.2) is 11.5 Å². The van der Waals surface area contributed by atoms with Gasteiger partial charge in [-0.25, -0.2) is 0 Å². The first kappa shape index (κ1) is 16.7. The van der Waals surface area contributed by atoms with Crippen molar-refractivity contribution >= 4 is 5.91 Å². The Hall–Kier alpha value is -2.39. The topological polar surface area (TPSA) is 82.8 Å². The number of benzene rings is 1. The van der Waals surface area contributed by atoms with E-state index in [1.807, 2.05) is 0 Å². The summed E-state index contributed by atoms with van der Waals surface area (Å²) < 4.78 is 15.7. The van der Waals surface area contributed by atoms with Crippen LogP contribution in [0.15, 0.2) is 12.1 Å². The van der Waals surface area contributed by atoms with Crippen molar-refractivity contribution in [3.8, 4) is 29.6 Å². The third kappa shape index (κ3) is 4.29. The molecule has 0 saturated carbocycles. The Morgan fingerprint density at radius 3 is 2.29 bits per heavy atom. The van der Waals surface area contributed by atoms with Crippen molar-refractivity contribution in [1.29, 1.82) is 0 Å². The number of nitrogens with two attached hydrogens (primary N) is 1. The maximum Gasteiger partial charge on any atom is 0.238 e. The van der Waals surface area contributed by atoms with E-state index in [0.717, 1.165) is 5.56 Å². The molecule has 0 fully saturated rings. The van der Waals surface area contributed by atoms with E-state index in [2.05, 4.69) is 11.2 Å². The fraction of sp³-hybridized carbons (Fsp3) is 0.400. The summed E-state index contributed by atoms with van der Waals surface area (Å²) in [4.78, 5) is 11.7. The second-order valence-corrected chi connectivity index (χ2v) is 4.27. The molecule has 1 aromatic rings. The summed E-state index contributed by atoms with van der Waals surface area (Å²) in [7, 11) is 4.59. The molecule has 0 spiro atoms. The Labute approximate surface area is 124 Å². The molecule has 21 heavy (non-hydrogen) atoms. The lowest BCUT2D eigenvalue weighted by molar-refractivity contribution is -0.122. The first-order chi connectivity index (χ1) is 10.1. The lowest BCUT2D eigenvalue weighted by Crippen LogP contribution is -2.39. The predicted octanol–water partition coefficient (Wildman–Crippen LogP) is 0.679. The highest BCUT2D eigenvalue weighted by molar-refractivity contribution is 5.81. The maximum atomic E-state index is 11.7. The van der Waals surface area contributed by atoms with Crippen LogP contribution in [0.3, 0.4) is 0 Å². The summed E-state index contributed by atoms with van der Waals surface area (Å²) in [5.74, 6) is 3.60. The number of hydrogen-bond donors (Lipinski definition) is 2. The number of methoxy groups -OCH3 is 3. The SMILES string of the molecule is C#CCC(N)C(=O)NCc1cc(OC)c(OC)c(OC)c1. The average Bonchev–Trinajstić information content (AvgIpc) is 2.51. The summed E-state index contributed by atoms with van der Waals surface area (Å²) in [5.41, 5.74) is 6.42. The van der Waals surface area contributed by atoms with Crippen LogP contribution < -0.4 is 25.3 Å². The zero-order valence-electron chi connectivity index (χ0n) is 12.4. The van der Waals surface area contributed by atoms with Crippen molar-refractivity contribution in [1.82, 2.24) is 5.32 Å². The number of hydrogen-bond acceptors (Lipinski definition) is 5. The van der Waals surface area contributed by atoms with Crippen LogP contribution in [0.4, 0.5) is 0 Å². The van der Waals surface area contributed by atoms with Crippen molar-refractivity contribution in [2.24, 2.45) is 5.73 Å². The van der Waals surface area contributed by atoms with Gasteiger partial charge >= 0.3 is 0 Å². The molecule has 1 unspecified atom stereocenters. The summed E-state index contributed by atoms with van der Waals surface area (Å²) in [6, 6.07) is 2.81. The van der Waals surface area contributed by atoms with Gasteiger partial charge in [-0.3, -0.25) is 4.79 Å². The molecule has 0 saturated heterocycles. The molecule has 0 radical (unpaired) electrons. The minimum Gasteiger partial charge on any atom is -0.493 e. The van der Waals surface area contributed by atoms with Crippen LogP contribution in [0, 0.1) is 12.3 Å². The monoisotopic (exact) mass is 292 g/mol. The standard InChI is InChI=1S/C15H20N2O4/c1-5-6-11(16)15(18)17-9-10-7-12(19-2)14(21-4)13(8-10)20-3/h1,7-8,11H,6,9,16H2,2-4H3,(H,17,18). The fourth-order valence-corrected chi connectivity index (χ4v) is 1.78. The molecule has 3 N–H and O–H groups in total. The molecule has 1 amide bonds. The van der Waals surface area contributed by atoms with Crippen LogP contribution in [0.25, 0.3) is 0 Å². The van der Waals surface area contributed by atoms with Crippen LogP contribution in [-0.2, 0) is 11.3 Å². The number of carbonyl (C=O) groups is 1. The number of carbonyl (C=O) groups excluding carboxylic acids is 1. The second-order valence-electron chi connectivity index (χ2n) is 4.27. The van der Waals surface area contributed by atoms with Crippen molar-refractivity contribution in [3.63, 3.8) is 0 Å². The predicted molar refractivity (Wildman–Crippen MR) is 79.4 cm³/mol. The van der Waals surface area contributed by atoms with E-state index < -0.39 is 6.04 Å². The van der Waals surface area contributed by atoms with Gasteiger partial charge in [0, 0.05) is 13.0 Å². The summed E-state index contributed by atoms with van der Waals surface area (Å²) in [6.07, 6.45) is 5.32. The molecule has 0 aliphatic rings. The van der Waals surface area contributed by atoms with Crippen molar-refractivity contribution < 1.29 is 19.0 Å². The molecule has 0 heterocycles. The maximum absolute atomic E-state index is 11.7. The van der Waals surface area contributed by atoms with Crippen LogP contribution in [-0.4, -0.2) is 33.3 Å². The highest BCUT2D eigenvalue weighted by Gasteiger charge is 2.15. The minimum absolute atomic E-state index is 0.196. The van der Waals surface area contributed by atoms with E-state index in [9.17, 15) is 4.79 Å². The Balaban J connectivity index is 2.85. The molecule has 0 aliphatic carbocycles. The summed E-state index contributed by atoms with van der Waals surface area (Å²) >= 11 is 0. The molecule has 6 nitrogen and oxygen atoms in total. The van der Waals surface area contributed by atoms with Crippen molar-refractivity contribution in [3.05, 3.63) is 17.7 Å². The quantitative estimate of drug-likeness (QED) is 0.722. The number of rotatable bonds is 7. The van der Waals surface area contributed by atoms with Crippen LogP contribution >= 0.6 is 0 Å². The molecule has 1 aromatic carbocycles. The fourth-order valence-electron chi connectivity index (χ4n) is 1.78. The smallest absolute Gasteiger partial charge is 0.238 e. The Kier molecular flexibility index (Phi) is 6.37. The molecule has 114 valence electrons. The number of ether oxygens (including phenoxy) is 3. The van der Waals surface area contributed by atoms with E-state index in [4.69, 9.17) is 26.4 Å². The molecular weight excluding hydrogens is 272 g/mol. The third-order valence-corrected chi connectivity index (χ3v) is 2.87. The van der Waals surface area contributed by atoms with E-state index in [-0.39, 0.29) is 18.9 Å². The molecule has 6 heteroatoms. The highest BCUT2D eigenvalue weighted by atomic mass is 16.5. The van der Waals surface area contributed by atoms with Gasteiger partial charge in [-0.2, -0.15) is 0 Å². The van der Waals surface area contributed by atoms with Gasteiger partial charge in [0.05, 0.1) is 27.4 Å². The lowest BCUT2D eigenvalue weighted by Gasteiger charge is -2.15. The first-order valence-corrected chi connectivity index (χ1v) is 6.33. The van der Waals surface area contributed by atoms with E-state index in [0.29, 0.717) is 17.2 Å². The van der Waals surface area contributed by atoms with Crippen LogP contribution in [0.2, 0.25) is 0 Å². The molecule has 0 aliphatic heterocycles. The normalized spacial score (nSPS) is 11.2. The average molecular weight is 292 g/mol. The Morgan fingerprint density at radius 1 is 1.29 bits per heavy atom. The Morgan fingerprint density at radius 2 is 1.86 bits per heavy atom. The number of amides is 1. The summed E-state index contributed by atoms with van der Waals surface area (Å²) in [5, 5.41) is 2.71. The Bertz CT molecular complexity index is 512. The zero-order valence-corrected chi connectivity index (χ0v) is 12.4. The van der Waals surface area contributed by atoms with Crippen molar-refractivity contribution in [2.75, 3.05) is 21.3 Å². The van der Waals surface area contributed by atoms with Gasteiger partial charge in [-0.1, -0.05) is 0 Å². The van der Waals surface area contributed by atoms with Gasteiger partial charge in [0.25, 0.3) is 0 Å². The van der Waals surface area contributed by atoms with E-state index >= 15 is 0 Å².